The van der Waals surface area contributed by atoms with Crippen LogP contribution in [0.4, 0.5) is 0 Å². The molecule has 7 heteroatoms. The van der Waals surface area contributed by atoms with Crippen molar-refractivity contribution in [2.75, 3.05) is 33.5 Å². The summed E-state index contributed by atoms with van der Waals surface area (Å²) in [5, 5.41) is 9.34. The number of fused-ring (bicyclic) bond motifs is 1. The van der Waals surface area contributed by atoms with Gasteiger partial charge in [-0.2, -0.15) is 0 Å². The van der Waals surface area contributed by atoms with Gasteiger partial charge in [-0.15, -0.1) is 0 Å². The van der Waals surface area contributed by atoms with E-state index >= 15 is 0 Å². The van der Waals surface area contributed by atoms with E-state index in [0.29, 0.717) is 25.8 Å². The summed E-state index contributed by atoms with van der Waals surface area (Å²) in [7, 11) is 1.73. The minimum Gasteiger partial charge on any atom is -0.454 e. The van der Waals surface area contributed by atoms with Gasteiger partial charge in [-0.25, -0.2) is 0 Å². The third-order valence-corrected chi connectivity index (χ3v) is 3.75. The highest BCUT2D eigenvalue weighted by Crippen LogP contribution is 2.32. The molecule has 0 unspecified atom stereocenters. The Balaban J connectivity index is 1.66. The molecule has 0 aromatic heterocycles. The lowest BCUT2D eigenvalue weighted by Gasteiger charge is -2.18. The molecule has 25 heavy (non-hydrogen) atoms. The largest absolute Gasteiger partial charge is 0.454 e. The van der Waals surface area contributed by atoms with Crippen LogP contribution in [0.5, 0.6) is 11.5 Å². The number of carbonyl (C=O) groups excluding carboxylic acids is 1. The molecule has 1 aromatic carbocycles. The number of amides is 1. The zero-order chi connectivity index (χ0) is 18.3. The van der Waals surface area contributed by atoms with Crippen molar-refractivity contribution in [1.82, 2.24) is 16.0 Å². The highest BCUT2D eigenvalue weighted by molar-refractivity contribution is 5.81. The predicted octanol–water partition coefficient (Wildman–Crippen LogP) is 1.29. The molecule has 138 valence electrons. The molecule has 0 saturated heterocycles. The number of hydrogen-bond acceptors (Lipinski definition) is 4. The van der Waals surface area contributed by atoms with Gasteiger partial charge in [0.15, 0.2) is 17.5 Å². The van der Waals surface area contributed by atoms with Crippen LogP contribution in [0.25, 0.3) is 0 Å². The number of hydrogen-bond donors (Lipinski definition) is 3. The van der Waals surface area contributed by atoms with Gasteiger partial charge < -0.3 is 25.4 Å². The standard InChI is InChI=1S/C18H28N4O3/c1-18(2,3)16(23)20-9-10-22-17(19-4)21-8-7-13-5-6-14-15(11-13)25-12-24-14/h5-6,11H,7-10,12H2,1-4H3,(H,20,23)(H2,19,21,22). The minimum absolute atomic E-state index is 0.0417. The van der Waals surface area contributed by atoms with Gasteiger partial charge in [0, 0.05) is 32.1 Å². The molecule has 0 aliphatic carbocycles. The first-order valence-corrected chi connectivity index (χ1v) is 8.51. The quantitative estimate of drug-likeness (QED) is 0.410. The van der Waals surface area contributed by atoms with E-state index in [1.807, 2.05) is 39.0 Å². The van der Waals surface area contributed by atoms with Crippen molar-refractivity contribution in [2.24, 2.45) is 10.4 Å². The lowest BCUT2D eigenvalue weighted by Crippen LogP contribution is -2.43. The zero-order valence-corrected chi connectivity index (χ0v) is 15.4. The van der Waals surface area contributed by atoms with E-state index in [9.17, 15) is 4.79 Å². The second-order valence-corrected chi connectivity index (χ2v) is 6.87. The molecular formula is C18H28N4O3. The minimum atomic E-state index is -0.370. The maximum atomic E-state index is 11.8. The molecular weight excluding hydrogens is 320 g/mol. The number of nitrogens with one attached hydrogen (secondary N) is 3. The van der Waals surface area contributed by atoms with Gasteiger partial charge >= 0.3 is 0 Å². The van der Waals surface area contributed by atoms with Crippen molar-refractivity contribution in [1.29, 1.82) is 0 Å². The Labute approximate surface area is 149 Å². The maximum absolute atomic E-state index is 11.8. The van der Waals surface area contributed by atoms with Crippen LogP contribution in [0, 0.1) is 5.41 Å². The number of guanidine groups is 1. The molecule has 1 aromatic rings. The number of aliphatic imine (C=N–C) groups is 1. The molecule has 1 aliphatic rings. The van der Waals surface area contributed by atoms with E-state index in [0.717, 1.165) is 24.5 Å². The predicted molar refractivity (Wildman–Crippen MR) is 98.1 cm³/mol. The van der Waals surface area contributed by atoms with Crippen molar-refractivity contribution in [2.45, 2.75) is 27.2 Å². The highest BCUT2D eigenvalue weighted by atomic mass is 16.7. The van der Waals surface area contributed by atoms with E-state index in [4.69, 9.17) is 9.47 Å². The van der Waals surface area contributed by atoms with Gasteiger partial charge in [0.25, 0.3) is 0 Å². The average Bonchev–Trinajstić information content (AvgIpc) is 3.03. The van der Waals surface area contributed by atoms with Crippen molar-refractivity contribution in [3.05, 3.63) is 23.8 Å². The molecule has 0 saturated carbocycles. The average molecular weight is 348 g/mol. The normalized spacial score (nSPS) is 13.5. The van der Waals surface area contributed by atoms with E-state index < -0.39 is 0 Å². The zero-order valence-electron chi connectivity index (χ0n) is 15.4. The van der Waals surface area contributed by atoms with Crippen LogP contribution in [-0.2, 0) is 11.2 Å². The Hall–Kier alpha value is -2.44. The van der Waals surface area contributed by atoms with E-state index in [-0.39, 0.29) is 11.3 Å². The molecule has 0 spiro atoms. The van der Waals surface area contributed by atoms with Crippen molar-refractivity contribution < 1.29 is 14.3 Å². The van der Waals surface area contributed by atoms with Crippen LogP contribution in [0.15, 0.2) is 23.2 Å². The van der Waals surface area contributed by atoms with Crippen LogP contribution in [0.2, 0.25) is 0 Å². The van der Waals surface area contributed by atoms with Gasteiger partial charge in [0.2, 0.25) is 12.7 Å². The van der Waals surface area contributed by atoms with Crippen molar-refractivity contribution >= 4 is 11.9 Å². The summed E-state index contributed by atoms with van der Waals surface area (Å²) in [5.74, 6) is 2.35. The summed E-state index contributed by atoms with van der Waals surface area (Å²) in [4.78, 5) is 16.0. The fourth-order valence-electron chi connectivity index (χ4n) is 2.26. The van der Waals surface area contributed by atoms with Crippen molar-refractivity contribution in [3.8, 4) is 11.5 Å². The smallest absolute Gasteiger partial charge is 0.231 e. The fourth-order valence-corrected chi connectivity index (χ4v) is 2.26. The van der Waals surface area contributed by atoms with E-state index in [2.05, 4.69) is 20.9 Å². The number of nitrogens with zero attached hydrogens (tertiary/aromatic N) is 1. The molecule has 7 nitrogen and oxygen atoms in total. The third kappa shape index (κ3) is 5.85. The summed E-state index contributed by atoms with van der Waals surface area (Å²) in [6, 6.07) is 5.97. The Morgan fingerprint density at radius 2 is 1.76 bits per heavy atom. The lowest BCUT2D eigenvalue weighted by atomic mass is 9.96. The van der Waals surface area contributed by atoms with Gasteiger partial charge in [0.1, 0.15) is 0 Å². The SMILES string of the molecule is CN=C(NCCNC(=O)C(C)(C)C)NCCc1ccc2c(c1)OCO2. The van der Waals surface area contributed by atoms with Crippen LogP contribution in [-0.4, -0.2) is 45.3 Å². The van der Waals surface area contributed by atoms with Crippen molar-refractivity contribution in [3.63, 3.8) is 0 Å². The summed E-state index contributed by atoms with van der Waals surface area (Å²) in [6.45, 7) is 7.89. The summed E-state index contributed by atoms with van der Waals surface area (Å²) in [6.07, 6.45) is 0.845. The molecule has 3 N–H and O–H groups in total. The molecule has 1 amide bonds. The molecule has 1 heterocycles. The van der Waals surface area contributed by atoms with E-state index in [1.54, 1.807) is 7.05 Å². The van der Waals surface area contributed by atoms with E-state index in [1.165, 1.54) is 5.56 Å². The monoisotopic (exact) mass is 348 g/mol. The van der Waals surface area contributed by atoms with Crippen LogP contribution in [0.3, 0.4) is 0 Å². The van der Waals surface area contributed by atoms with Gasteiger partial charge in [-0.1, -0.05) is 26.8 Å². The van der Waals surface area contributed by atoms with Gasteiger partial charge in [-0.3, -0.25) is 9.79 Å². The van der Waals surface area contributed by atoms with Gasteiger partial charge in [0.05, 0.1) is 0 Å². The first kappa shape index (κ1) is 18.9. The number of carbonyl (C=O) groups is 1. The summed E-state index contributed by atoms with van der Waals surface area (Å²) < 4.78 is 10.7. The number of benzene rings is 1. The molecule has 0 atom stereocenters. The number of ether oxygens (including phenoxy) is 2. The first-order chi connectivity index (χ1) is 11.9. The lowest BCUT2D eigenvalue weighted by molar-refractivity contribution is -0.128. The molecule has 0 fully saturated rings. The topological polar surface area (TPSA) is 84.0 Å². The Bertz CT molecular complexity index is 623. The Morgan fingerprint density at radius 1 is 1.08 bits per heavy atom. The van der Waals surface area contributed by atoms with Crippen LogP contribution >= 0.6 is 0 Å². The first-order valence-electron chi connectivity index (χ1n) is 8.51. The summed E-state index contributed by atoms with van der Waals surface area (Å²) >= 11 is 0. The third-order valence-electron chi connectivity index (χ3n) is 3.75. The Kier molecular flexibility index (Phi) is 6.50. The number of rotatable bonds is 6. The Morgan fingerprint density at radius 3 is 2.48 bits per heavy atom. The van der Waals surface area contributed by atoms with Gasteiger partial charge in [-0.05, 0) is 24.1 Å². The maximum Gasteiger partial charge on any atom is 0.231 e. The molecule has 1 aliphatic heterocycles. The summed E-state index contributed by atoms with van der Waals surface area (Å²) in [5.41, 5.74) is 0.800. The second kappa shape index (κ2) is 8.60. The second-order valence-electron chi connectivity index (χ2n) is 6.87. The highest BCUT2D eigenvalue weighted by Gasteiger charge is 2.20. The van der Waals surface area contributed by atoms with Crippen LogP contribution < -0.4 is 25.4 Å². The molecule has 0 bridgehead atoms. The van der Waals surface area contributed by atoms with Crippen LogP contribution in [0.1, 0.15) is 26.3 Å². The molecule has 2 rings (SSSR count). The fraction of sp³-hybridized carbons (Fsp3) is 0.556. The molecule has 0 radical (unpaired) electrons.